The van der Waals surface area contributed by atoms with Crippen molar-refractivity contribution in [3.63, 3.8) is 0 Å². The quantitative estimate of drug-likeness (QED) is 0.808. The summed E-state index contributed by atoms with van der Waals surface area (Å²) >= 11 is 0. The maximum absolute atomic E-state index is 12.2. The van der Waals surface area contributed by atoms with Crippen molar-refractivity contribution < 1.29 is 14.7 Å². The van der Waals surface area contributed by atoms with Crippen LogP contribution in [0, 0.1) is 12.3 Å². The molecule has 2 N–H and O–H groups in total. The molecule has 21 heavy (non-hydrogen) atoms. The molecule has 2 rings (SSSR count). The Labute approximate surface area is 121 Å². The highest BCUT2D eigenvalue weighted by Gasteiger charge is 2.20. The summed E-state index contributed by atoms with van der Waals surface area (Å²) in [5.74, 6) is 0.651. The molecule has 0 aliphatic carbocycles. The Morgan fingerprint density at radius 3 is 2.67 bits per heavy atom. The van der Waals surface area contributed by atoms with Crippen molar-refractivity contribution >= 4 is 11.9 Å². The molecule has 0 saturated heterocycles. The van der Waals surface area contributed by atoms with Gasteiger partial charge < -0.3 is 10.0 Å². The fraction of sp³-hybridized carbons (Fsp3) is 0.133. The van der Waals surface area contributed by atoms with Gasteiger partial charge in [-0.25, -0.2) is 0 Å². The first-order chi connectivity index (χ1) is 10.1. The van der Waals surface area contributed by atoms with Crippen LogP contribution in [-0.4, -0.2) is 45.2 Å². The van der Waals surface area contributed by atoms with E-state index in [1.165, 1.54) is 0 Å². The number of nitrogens with one attached hydrogen (secondary N) is 1. The van der Waals surface area contributed by atoms with Crippen molar-refractivity contribution in [3.05, 3.63) is 42.1 Å². The number of amides is 1. The Morgan fingerprint density at radius 1 is 1.33 bits per heavy atom. The maximum atomic E-state index is 12.2. The van der Waals surface area contributed by atoms with E-state index in [9.17, 15) is 9.59 Å². The summed E-state index contributed by atoms with van der Waals surface area (Å²) in [4.78, 5) is 24.0. The van der Waals surface area contributed by atoms with Crippen LogP contribution in [0.15, 0.2) is 36.4 Å². The van der Waals surface area contributed by atoms with Crippen molar-refractivity contribution in [1.82, 2.24) is 15.1 Å². The molecule has 1 aromatic carbocycles. The van der Waals surface area contributed by atoms with E-state index in [4.69, 9.17) is 11.5 Å². The third kappa shape index (κ3) is 3.48. The molecule has 6 nitrogen and oxygen atoms in total. The van der Waals surface area contributed by atoms with Crippen LogP contribution in [0.5, 0.6) is 0 Å². The number of aromatic nitrogens is 2. The first kappa shape index (κ1) is 14.3. The molecule has 6 heteroatoms. The van der Waals surface area contributed by atoms with Crippen molar-refractivity contribution in [2.75, 3.05) is 13.1 Å². The number of nitrogens with zero attached hydrogens (tertiary/aromatic N) is 2. The molecular formula is C15H13N3O3. The molecule has 0 spiro atoms. The lowest BCUT2D eigenvalue weighted by Gasteiger charge is -2.16. The average molecular weight is 283 g/mol. The number of terminal acetylenes is 1. The minimum atomic E-state index is -1.12. The van der Waals surface area contributed by atoms with Gasteiger partial charge in [0, 0.05) is 5.56 Å². The Balaban J connectivity index is 2.22. The lowest BCUT2D eigenvalue weighted by molar-refractivity contribution is -0.137. The number of hydrogen-bond acceptors (Lipinski definition) is 3. The van der Waals surface area contributed by atoms with Gasteiger partial charge in [0.25, 0.3) is 5.91 Å². The van der Waals surface area contributed by atoms with Crippen molar-refractivity contribution in [2.45, 2.75) is 0 Å². The summed E-state index contributed by atoms with van der Waals surface area (Å²) in [5, 5.41) is 15.5. The maximum Gasteiger partial charge on any atom is 0.323 e. The van der Waals surface area contributed by atoms with Crippen molar-refractivity contribution in [3.8, 4) is 23.6 Å². The molecule has 0 fully saturated rings. The Kier molecular flexibility index (Phi) is 4.36. The number of aromatic amines is 1. The number of benzene rings is 1. The van der Waals surface area contributed by atoms with E-state index in [-0.39, 0.29) is 12.2 Å². The minimum absolute atomic E-state index is 0.0785. The second-order valence-electron chi connectivity index (χ2n) is 4.29. The van der Waals surface area contributed by atoms with Gasteiger partial charge in [0.1, 0.15) is 12.2 Å². The number of carbonyl (C=O) groups is 2. The van der Waals surface area contributed by atoms with Crippen LogP contribution in [0.3, 0.4) is 0 Å². The summed E-state index contributed by atoms with van der Waals surface area (Å²) in [6.45, 7) is -0.534. The monoisotopic (exact) mass is 283 g/mol. The normalized spacial score (nSPS) is 9.86. The van der Waals surface area contributed by atoms with E-state index in [0.717, 1.165) is 10.5 Å². The first-order valence-corrected chi connectivity index (χ1v) is 6.17. The van der Waals surface area contributed by atoms with Gasteiger partial charge in [0.15, 0.2) is 0 Å². The standard InChI is InChI=1S/C15H13N3O3/c1-2-8-18(10-14(19)20)15(21)13-9-12(16-17-13)11-6-4-3-5-7-11/h1,3-7,9H,8,10H2,(H,16,17)(H,19,20). The summed E-state index contributed by atoms with van der Waals surface area (Å²) in [5.41, 5.74) is 1.66. The molecule has 0 radical (unpaired) electrons. The molecule has 2 aromatic rings. The number of carboxylic acid groups (broad SMARTS) is 1. The number of carboxylic acids is 1. The molecule has 0 atom stereocenters. The zero-order chi connectivity index (χ0) is 15.2. The van der Waals surface area contributed by atoms with Crippen LogP contribution in [0.1, 0.15) is 10.5 Å². The second kappa shape index (κ2) is 6.39. The fourth-order valence-electron chi connectivity index (χ4n) is 1.83. The van der Waals surface area contributed by atoms with Gasteiger partial charge in [0.05, 0.1) is 12.2 Å². The van der Waals surface area contributed by atoms with E-state index in [1.807, 2.05) is 30.3 Å². The smallest absolute Gasteiger partial charge is 0.323 e. The van der Waals surface area contributed by atoms with Crippen LogP contribution in [-0.2, 0) is 4.79 Å². The van der Waals surface area contributed by atoms with Crippen LogP contribution in [0.2, 0.25) is 0 Å². The average Bonchev–Trinajstić information content (AvgIpc) is 2.96. The van der Waals surface area contributed by atoms with Gasteiger partial charge in [-0.2, -0.15) is 5.10 Å². The first-order valence-electron chi connectivity index (χ1n) is 6.17. The minimum Gasteiger partial charge on any atom is -0.480 e. The summed E-state index contributed by atoms with van der Waals surface area (Å²) < 4.78 is 0. The van der Waals surface area contributed by atoms with Crippen molar-refractivity contribution in [1.29, 1.82) is 0 Å². The molecular weight excluding hydrogens is 270 g/mol. The van der Waals surface area contributed by atoms with E-state index >= 15 is 0 Å². The third-order valence-electron chi connectivity index (χ3n) is 2.77. The van der Waals surface area contributed by atoms with E-state index in [2.05, 4.69) is 16.1 Å². The zero-order valence-electron chi connectivity index (χ0n) is 11.1. The predicted octanol–water partition coefficient (Wildman–Crippen LogP) is 1.24. The van der Waals surface area contributed by atoms with Gasteiger partial charge in [0.2, 0.25) is 0 Å². The molecule has 0 unspecified atom stereocenters. The number of H-pyrrole nitrogens is 1. The molecule has 0 aliphatic rings. The van der Waals surface area contributed by atoms with Crippen molar-refractivity contribution in [2.24, 2.45) is 0 Å². The zero-order valence-corrected chi connectivity index (χ0v) is 11.1. The largest absolute Gasteiger partial charge is 0.480 e. The van der Waals surface area contributed by atoms with Gasteiger partial charge in [-0.1, -0.05) is 36.3 Å². The van der Waals surface area contributed by atoms with Crippen LogP contribution < -0.4 is 0 Å². The van der Waals surface area contributed by atoms with Crippen LogP contribution >= 0.6 is 0 Å². The van der Waals surface area contributed by atoms with Gasteiger partial charge >= 0.3 is 5.97 Å². The van der Waals surface area contributed by atoms with E-state index in [1.54, 1.807) is 6.07 Å². The highest BCUT2D eigenvalue weighted by molar-refractivity contribution is 5.95. The topological polar surface area (TPSA) is 86.3 Å². The molecule has 1 aromatic heterocycles. The Morgan fingerprint density at radius 2 is 2.05 bits per heavy atom. The van der Waals surface area contributed by atoms with Gasteiger partial charge in [-0.3, -0.25) is 14.7 Å². The highest BCUT2D eigenvalue weighted by atomic mass is 16.4. The number of hydrogen-bond donors (Lipinski definition) is 2. The summed E-state index contributed by atoms with van der Waals surface area (Å²) in [7, 11) is 0. The van der Waals surface area contributed by atoms with Gasteiger partial charge in [-0.15, -0.1) is 6.42 Å². The lowest BCUT2D eigenvalue weighted by Crippen LogP contribution is -2.36. The van der Waals surface area contributed by atoms with Crippen LogP contribution in [0.25, 0.3) is 11.3 Å². The SMILES string of the molecule is C#CCN(CC(=O)O)C(=O)c1cc(-c2ccccc2)n[nH]1. The Hall–Kier alpha value is -3.07. The lowest BCUT2D eigenvalue weighted by atomic mass is 10.1. The molecule has 0 aliphatic heterocycles. The second-order valence-corrected chi connectivity index (χ2v) is 4.29. The molecule has 0 bridgehead atoms. The Bertz CT molecular complexity index is 686. The third-order valence-corrected chi connectivity index (χ3v) is 2.77. The van der Waals surface area contributed by atoms with Gasteiger partial charge in [-0.05, 0) is 6.07 Å². The van der Waals surface area contributed by atoms with Crippen LogP contribution in [0.4, 0.5) is 0 Å². The summed E-state index contributed by atoms with van der Waals surface area (Å²) in [6.07, 6.45) is 5.15. The van der Waals surface area contributed by atoms with E-state index in [0.29, 0.717) is 5.69 Å². The number of carbonyl (C=O) groups excluding carboxylic acids is 1. The molecule has 106 valence electrons. The highest BCUT2D eigenvalue weighted by Crippen LogP contribution is 2.17. The summed E-state index contributed by atoms with van der Waals surface area (Å²) in [6, 6.07) is 10.9. The number of rotatable bonds is 5. The number of aliphatic carboxylic acids is 1. The fourth-order valence-corrected chi connectivity index (χ4v) is 1.83. The van der Waals surface area contributed by atoms with E-state index < -0.39 is 18.4 Å². The molecule has 1 amide bonds. The molecule has 1 heterocycles. The predicted molar refractivity (Wildman–Crippen MR) is 76.4 cm³/mol. The molecule has 0 saturated carbocycles.